The van der Waals surface area contributed by atoms with Crippen molar-refractivity contribution in [2.45, 2.75) is 46.1 Å². The third-order valence-corrected chi connectivity index (χ3v) is 2.44. The number of nitrogens with zero attached hydrogens (tertiary/aromatic N) is 1. The summed E-state index contributed by atoms with van der Waals surface area (Å²) in [7, 11) is 0. The average Bonchev–Trinajstić information content (AvgIpc) is 2.60. The third-order valence-electron chi connectivity index (χ3n) is 2.44. The molecule has 1 aliphatic rings. The Bertz CT molecular complexity index is 339. The van der Waals surface area contributed by atoms with Crippen LogP contribution in [0.15, 0.2) is 11.6 Å². The zero-order valence-electron chi connectivity index (χ0n) is 11.1. The highest BCUT2D eigenvalue weighted by Gasteiger charge is 2.24. The van der Waals surface area contributed by atoms with Gasteiger partial charge in [0.25, 0.3) is 0 Å². The molecule has 0 fully saturated rings. The zero-order valence-corrected chi connectivity index (χ0v) is 11.1. The van der Waals surface area contributed by atoms with Crippen molar-refractivity contribution in [2.24, 2.45) is 0 Å². The summed E-state index contributed by atoms with van der Waals surface area (Å²) in [6.07, 6.45) is 3.02. The van der Waals surface area contributed by atoms with E-state index in [0.29, 0.717) is 19.5 Å². The predicted octanol–water partition coefficient (Wildman–Crippen LogP) is 2.53. The molecule has 0 aromatic rings. The van der Waals surface area contributed by atoms with Gasteiger partial charge in [-0.15, -0.1) is 0 Å². The van der Waals surface area contributed by atoms with Gasteiger partial charge in [-0.05, 0) is 34.1 Å². The summed E-state index contributed by atoms with van der Waals surface area (Å²) >= 11 is 0. The van der Waals surface area contributed by atoms with Crippen LogP contribution in [-0.4, -0.2) is 35.5 Å². The molecule has 0 N–H and O–H groups in total. The Labute approximate surface area is 103 Å². The van der Waals surface area contributed by atoms with Crippen molar-refractivity contribution in [3.05, 3.63) is 11.6 Å². The minimum absolute atomic E-state index is 0.182. The molecule has 0 aromatic heterocycles. The smallest absolute Gasteiger partial charge is 0.410 e. The van der Waals surface area contributed by atoms with Gasteiger partial charge in [0.1, 0.15) is 11.4 Å². The van der Waals surface area contributed by atoms with Crippen LogP contribution in [0.5, 0.6) is 0 Å². The van der Waals surface area contributed by atoms with E-state index in [-0.39, 0.29) is 11.9 Å². The van der Waals surface area contributed by atoms with Crippen molar-refractivity contribution in [3.8, 4) is 0 Å². The van der Waals surface area contributed by atoms with Crippen LogP contribution in [-0.2, 0) is 9.53 Å². The topological polar surface area (TPSA) is 46.6 Å². The second kappa shape index (κ2) is 5.34. The Morgan fingerprint density at radius 1 is 1.41 bits per heavy atom. The lowest BCUT2D eigenvalue weighted by molar-refractivity contribution is -0.116. The van der Waals surface area contributed by atoms with Crippen LogP contribution in [0, 0.1) is 0 Å². The van der Waals surface area contributed by atoms with Crippen molar-refractivity contribution in [1.29, 1.82) is 0 Å². The van der Waals surface area contributed by atoms with Crippen LogP contribution >= 0.6 is 0 Å². The average molecular weight is 239 g/mol. The number of carbonyl (C=O) groups is 2. The summed E-state index contributed by atoms with van der Waals surface area (Å²) in [5.41, 5.74) is 0.685. The first-order chi connectivity index (χ1) is 7.78. The molecule has 0 spiro atoms. The number of Topliss-reactive ketones (excluding diaryl/α,β-unsaturated/α-hetero) is 1. The minimum Gasteiger partial charge on any atom is -0.444 e. The number of carbonyl (C=O) groups excluding carboxylic acids is 2. The molecule has 0 aliphatic carbocycles. The molecule has 17 heavy (non-hydrogen) atoms. The maximum atomic E-state index is 11.7. The second-order valence-electron chi connectivity index (χ2n) is 5.43. The fourth-order valence-corrected chi connectivity index (χ4v) is 1.60. The largest absolute Gasteiger partial charge is 0.444 e. The maximum Gasteiger partial charge on any atom is 0.410 e. The van der Waals surface area contributed by atoms with E-state index in [1.165, 1.54) is 0 Å². The lowest BCUT2D eigenvalue weighted by Crippen LogP contribution is -2.35. The van der Waals surface area contributed by atoms with E-state index < -0.39 is 5.60 Å². The van der Waals surface area contributed by atoms with E-state index in [1.54, 1.807) is 11.8 Å². The van der Waals surface area contributed by atoms with Gasteiger partial charge in [0.05, 0.1) is 0 Å². The van der Waals surface area contributed by atoms with Crippen molar-refractivity contribution < 1.29 is 14.3 Å². The predicted molar refractivity (Wildman–Crippen MR) is 65.8 cm³/mol. The molecule has 0 saturated carbocycles. The van der Waals surface area contributed by atoms with Gasteiger partial charge in [0.2, 0.25) is 0 Å². The van der Waals surface area contributed by atoms with Crippen LogP contribution < -0.4 is 0 Å². The van der Waals surface area contributed by atoms with Crippen molar-refractivity contribution in [2.75, 3.05) is 13.1 Å². The van der Waals surface area contributed by atoms with E-state index in [1.807, 2.05) is 26.8 Å². The van der Waals surface area contributed by atoms with E-state index in [4.69, 9.17) is 4.74 Å². The maximum absolute atomic E-state index is 11.7. The molecule has 1 heterocycles. The fraction of sp³-hybridized carbons (Fsp3) is 0.692. The van der Waals surface area contributed by atoms with E-state index in [9.17, 15) is 9.59 Å². The van der Waals surface area contributed by atoms with Gasteiger partial charge < -0.3 is 14.4 Å². The van der Waals surface area contributed by atoms with Gasteiger partial charge in [-0.3, -0.25) is 0 Å². The fourth-order valence-electron chi connectivity index (χ4n) is 1.60. The molecule has 4 nitrogen and oxygen atoms in total. The highest BCUT2D eigenvalue weighted by Crippen LogP contribution is 2.18. The molecule has 4 heteroatoms. The van der Waals surface area contributed by atoms with Gasteiger partial charge in [0.15, 0.2) is 0 Å². The Morgan fingerprint density at radius 3 is 2.59 bits per heavy atom. The van der Waals surface area contributed by atoms with Gasteiger partial charge in [0, 0.05) is 19.5 Å². The Kier molecular flexibility index (Phi) is 4.32. The molecule has 0 aromatic carbocycles. The lowest BCUT2D eigenvalue weighted by Gasteiger charge is -2.24. The SMILES string of the molecule is CC(=O)CCC1=CCN(C(=O)OC(C)(C)C)C1. The van der Waals surface area contributed by atoms with E-state index in [0.717, 1.165) is 12.0 Å². The standard InChI is InChI=1S/C13H21NO3/c1-10(15)5-6-11-7-8-14(9-11)12(16)17-13(2,3)4/h7H,5-6,8-9H2,1-4H3. The quantitative estimate of drug-likeness (QED) is 0.711. The Hall–Kier alpha value is -1.32. The Balaban J connectivity index is 2.37. The summed E-state index contributed by atoms with van der Waals surface area (Å²) < 4.78 is 5.28. The number of hydrogen-bond acceptors (Lipinski definition) is 3. The Morgan fingerprint density at radius 2 is 2.06 bits per heavy atom. The molecule has 0 radical (unpaired) electrons. The molecular formula is C13H21NO3. The first-order valence-electron chi connectivity index (χ1n) is 5.93. The van der Waals surface area contributed by atoms with Crippen LogP contribution in [0.4, 0.5) is 4.79 Å². The highest BCUT2D eigenvalue weighted by atomic mass is 16.6. The van der Waals surface area contributed by atoms with Crippen molar-refractivity contribution in [3.63, 3.8) is 0 Å². The molecule has 0 bridgehead atoms. The third kappa shape index (κ3) is 5.02. The van der Waals surface area contributed by atoms with Gasteiger partial charge in [-0.1, -0.05) is 11.6 Å². The molecule has 0 saturated heterocycles. The summed E-state index contributed by atoms with van der Waals surface area (Å²) in [6.45, 7) is 8.31. The zero-order chi connectivity index (χ0) is 13.1. The van der Waals surface area contributed by atoms with Crippen LogP contribution in [0.3, 0.4) is 0 Å². The summed E-state index contributed by atoms with van der Waals surface area (Å²) in [5, 5.41) is 0. The molecule has 1 amide bonds. The molecule has 0 unspecified atom stereocenters. The number of amides is 1. The normalized spacial score (nSPS) is 15.8. The lowest BCUT2D eigenvalue weighted by atomic mass is 10.1. The first-order valence-corrected chi connectivity index (χ1v) is 5.93. The number of ether oxygens (including phenoxy) is 1. The highest BCUT2D eigenvalue weighted by molar-refractivity contribution is 5.75. The molecule has 0 atom stereocenters. The summed E-state index contributed by atoms with van der Waals surface area (Å²) in [6, 6.07) is 0. The van der Waals surface area contributed by atoms with Gasteiger partial charge in [-0.25, -0.2) is 4.79 Å². The van der Waals surface area contributed by atoms with Crippen LogP contribution in [0.25, 0.3) is 0 Å². The van der Waals surface area contributed by atoms with Crippen LogP contribution in [0.2, 0.25) is 0 Å². The minimum atomic E-state index is -0.459. The second-order valence-corrected chi connectivity index (χ2v) is 5.43. The van der Waals surface area contributed by atoms with Gasteiger partial charge >= 0.3 is 6.09 Å². The summed E-state index contributed by atoms with van der Waals surface area (Å²) in [5.74, 6) is 0.182. The summed E-state index contributed by atoms with van der Waals surface area (Å²) in [4.78, 5) is 24.3. The van der Waals surface area contributed by atoms with Crippen molar-refractivity contribution >= 4 is 11.9 Å². The molecule has 1 aliphatic heterocycles. The van der Waals surface area contributed by atoms with Crippen LogP contribution in [0.1, 0.15) is 40.5 Å². The number of ketones is 1. The molecular weight excluding hydrogens is 218 g/mol. The van der Waals surface area contributed by atoms with Gasteiger partial charge in [-0.2, -0.15) is 0 Å². The number of rotatable bonds is 3. The first kappa shape index (κ1) is 13.7. The number of hydrogen-bond donors (Lipinski definition) is 0. The monoisotopic (exact) mass is 239 g/mol. The molecule has 96 valence electrons. The molecule has 1 rings (SSSR count). The van der Waals surface area contributed by atoms with E-state index >= 15 is 0 Å². The van der Waals surface area contributed by atoms with E-state index in [2.05, 4.69) is 0 Å². The van der Waals surface area contributed by atoms with Crippen molar-refractivity contribution in [1.82, 2.24) is 4.90 Å².